The summed E-state index contributed by atoms with van der Waals surface area (Å²) in [5.41, 5.74) is 0. The van der Waals surface area contributed by atoms with E-state index in [0.29, 0.717) is 24.0 Å². The molecule has 1 heterocycles. The summed E-state index contributed by atoms with van der Waals surface area (Å²) < 4.78 is 5.76. The lowest BCUT2D eigenvalue weighted by Crippen LogP contribution is -2.58. The number of carbonyl (C=O) groups excluding carboxylic acids is 1. The number of hydrogen-bond acceptors (Lipinski definition) is 2. The van der Waals surface area contributed by atoms with Gasteiger partial charge < -0.3 is 9.64 Å². The van der Waals surface area contributed by atoms with Crippen molar-refractivity contribution in [1.29, 1.82) is 0 Å². The summed E-state index contributed by atoms with van der Waals surface area (Å²) in [5.74, 6) is 1.38. The maximum absolute atomic E-state index is 11.9. The van der Waals surface area contributed by atoms with Crippen molar-refractivity contribution in [3.8, 4) is 5.75 Å². The monoisotopic (exact) mass is 265 g/mol. The van der Waals surface area contributed by atoms with E-state index in [-0.39, 0.29) is 12.0 Å². The van der Waals surface area contributed by atoms with Gasteiger partial charge in [-0.15, -0.1) is 0 Å². The van der Waals surface area contributed by atoms with E-state index >= 15 is 0 Å². The molecule has 1 saturated heterocycles. The van der Waals surface area contributed by atoms with Crippen molar-refractivity contribution in [2.75, 3.05) is 13.1 Å². The molecule has 2 aliphatic rings. The van der Waals surface area contributed by atoms with Gasteiger partial charge in [0.05, 0.1) is 13.1 Å². The van der Waals surface area contributed by atoms with Crippen LogP contribution in [-0.4, -0.2) is 30.0 Å². The molecule has 0 atom stereocenters. The van der Waals surface area contributed by atoms with Crippen LogP contribution in [0.25, 0.3) is 0 Å². The van der Waals surface area contributed by atoms with Gasteiger partial charge in [-0.2, -0.15) is 0 Å². The van der Waals surface area contributed by atoms with Crippen LogP contribution in [0.5, 0.6) is 5.75 Å². The topological polar surface area (TPSA) is 29.5 Å². The highest BCUT2D eigenvalue weighted by molar-refractivity contribution is 6.30. The number of rotatable bonds is 3. The fourth-order valence-electron chi connectivity index (χ4n) is 2.34. The first-order valence-electron chi connectivity index (χ1n) is 6.43. The van der Waals surface area contributed by atoms with Gasteiger partial charge in [0.15, 0.2) is 0 Å². The molecular weight excluding hydrogens is 250 g/mol. The number of likely N-dealkylation sites (tertiary alicyclic amines) is 1. The SMILES string of the molecule is O=C(C1CCC1)N1CC(Oc2cccc(Cl)c2)C1. The highest BCUT2D eigenvalue weighted by Crippen LogP contribution is 2.30. The molecule has 0 aromatic heterocycles. The number of benzene rings is 1. The minimum atomic E-state index is 0.118. The second-order valence-electron chi connectivity index (χ2n) is 5.07. The van der Waals surface area contributed by atoms with Crippen molar-refractivity contribution in [2.45, 2.75) is 25.4 Å². The van der Waals surface area contributed by atoms with Crippen LogP contribution in [-0.2, 0) is 4.79 Å². The van der Waals surface area contributed by atoms with Gasteiger partial charge in [-0.3, -0.25) is 4.79 Å². The Kier molecular flexibility index (Phi) is 3.16. The summed E-state index contributed by atoms with van der Waals surface area (Å²) in [6.07, 6.45) is 3.45. The summed E-state index contributed by atoms with van der Waals surface area (Å²) in [6.45, 7) is 1.42. The number of amides is 1. The van der Waals surface area contributed by atoms with Gasteiger partial charge >= 0.3 is 0 Å². The third-order valence-corrected chi connectivity index (χ3v) is 3.95. The van der Waals surface area contributed by atoms with Gasteiger partial charge in [0.1, 0.15) is 11.9 Å². The van der Waals surface area contributed by atoms with Crippen molar-refractivity contribution in [2.24, 2.45) is 5.92 Å². The normalized spacial score (nSPS) is 20.2. The van der Waals surface area contributed by atoms with Crippen LogP contribution >= 0.6 is 11.6 Å². The summed E-state index contributed by atoms with van der Waals surface area (Å²) in [7, 11) is 0. The fourth-order valence-corrected chi connectivity index (χ4v) is 2.52. The van der Waals surface area contributed by atoms with Crippen molar-refractivity contribution in [3.63, 3.8) is 0 Å². The molecule has 0 spiro atoms. The van der Waals surface area contributed by atoms with E-state index in [1.165, 1.54) is 6.42 Å². The van der Waals surface area contributed by atoms with Gasteiger partial charge in [0, 0.05) is 10.9 Å². The Morgan fingerprint density at radius 2 is 2.11 bits per heavy atom. The Bertz CT molecular complexity index is 453. The number of halogens is 1. The minimum absolute atomic E-state index is 0.118. The van der Waals surface area contributed by atoms with Crippen LogP contribution < -0.4 is 4.74 Å². The molecule has 0 N–H and O–H groups in total. The zero-order chi connectivity index (χ0) is 12.5. The van der Waals surface area contributed by atoms with E-state index in [1.54, 1.807) is 6.07 Å². The van der Waals surface area contributed by atoms with E-state index in [2.05, 4.69) is 0 Å². The van der Waals surface area contributed by atoms with E-state index < -0.39 is 0 Å². The first kappa shape index (κ1) is 11.8. The van der Waals surface area contributed by atoms with Crippen molar-refractivity contribution in [3.05, 3.63) is 29.3 Å². The fraction of sp³-hybridized carbons (Fsp3) is 0.500. The summed E-state index contributed by atoms with van der Waals surface area (Å²) >= 11 is 5.89. The summed E-state index contributed by atoms with van der Waals surface area (Å²) in [4.78, 5) is 13.8. The Balaban J connectivity index is 1.49. The Morgan fingerprint density at radius 1 is 1.33 bits per heavy atom. The van der Waals surface area contributed by atoms with Crippen molar-refractivity contribution >= 4 is 17.5 Å². The van der Waals surface area contributed by atoms with Crippen molar-refractivity contribution in [1.82, 2.24) is 4.90 Å². The molecule has 0 bridgehead atoms. The molecule has 0 unspecified atom stereocenters. The number of hydrogen-bond donors (Lipinski definition) is 0. The highest BCUT2D eigenvalue weighted by atomic mass is 35.5. The van der Waals surface area contributed by atoms with Crippen LogP contribution in [0.4, 0.5) is 0 Å². The standard InChI is InChI=1S/C14H16ClNO2/c15-11-5-2-6-12(7-11)18-13-8-16(9-13)14(17)10-3-1-4-10/h2,5-7,10,13H,1,3-4,8-9H2. The van der Waals surface area contributed by atoms with Crippen molar-refractivity contribution < 1.29 is 9.53 Å². The molecule has 1 amide bonds. The summed E-state index contributed by atoms with van der Waals surface area (Å²) in [6, 6.07) is 7.38. The molecule has 1 aliphatic carbocycles. The molecule has 3 nitrogen and oxygen atoms in total. The average Bonchev–Trinajstić information content (AvgIpc) is 2.20. The third-order valence-electron chi connectivity index (χ3n) is 3.71. The maximum Gasteiger partial charge on any atom is 0.225 e. The smallest absolute Gasteiger partial charge is 0.225 e. The van der Waals surface area contributed by atoms with Crippen LogP contribution in [0, 0.1) is 5.92 Å². The van der Waals surface area contributed by atoms with Crippen LogP contribution in [0.3, 0.4) is 0 Å². The molecule has 1 aromatic carbocycles. The van der Waals surface area contributed by atoms with E-state index in [0.717, 1.165) is 18.6 Å². The van der Waals surface area contributed by atoms with Gasteiger partial charge in [0.25, 0.3) is 0 Å². The molecule has 18 heavy (non-hydrogen) atoms. The lowest BCUT2D eigenvalue weighted by atomic mass is 9.83. The number of nitrogens with zero attached hydrogens (tertiary/aromatic N) is 1. The third kappa shape index (κ3) is 2.32. The molecule has 3 rings (SSSR count). The van der Waals surface area contributed by atoms with E-state index in [4.69, 9.17) is 16.3 Å². The van der Waals surface area contributed by atoms with E-state index in [9.17, 15) is 4.79 Å². The first-order valence-corrected chi connectivity index (χ1v) is 6.81. The number of carbonyl (C=O) groups is 1. The van der Waals surface area contributed by atoms with E-state index in [1.807, 2.05) is 23.1 Å². The highest BCUT2D eigenvalue weighted by Gasteiger charge is 2.37. The van der Waals surface area contributed by atoms with Gasteiger partial charge in [-0.25, -0.2) is 0 Å². The molecule has 96 valence electrons. The maximum atomic E-state index is 11.9. The molecule has 4 heteroatoms. The molecule has 1 saturated carbocycles. The second kappa shape index (κ2) is 4.81. The van der Waals surface area contributed by atoms with Crippen LogP contribution in [0.15, 0.2) is 24.3 Å². The van der Waals surface area contributed by atoms with Gasteiger partial charge in [-0.1, -0.05) is 24.1 Å². The molecule has 1 aromatic rings. The Morgan fingerprint density at radius 3 is 2.72 bits per heavy atom. The molecule has 2 fully saturated rings. The van der Waals surface area contributed by atoms with Gasteiger partial charge in [-0.05, 0) is 31.0 Å². The van der Waals surface area contributed by atoms with Crippen LogP contribution in [0.1, 0.15) is 19.3 Å². The molecule has 1 aliphatic heterocycles. The average molecular weight is 266 g/mol. The second-order valence-corrected chi connectivity index (χ2v) is 5.50. The Hall–Kier alpha value is -1.22. The number of ether oxygens (including phenoxy) is 1. The predicted octanol–water partition coefficient (Wildman–Crippen LogP) is 2.73. The quantitative estimate of drug-likeness (QED) is 0.841. The summed E-state index contributed by atoms with van der Waals surface area (Å²) in [5, 5.41) is 0.675. The van der Waals surface area contributed by atoms with Gasteiger partial charge in [0.2, 0.25) is 5.91 Å². The van der Waals surface area contributed by atoms with Crippen LogP contribution in [0.2, 0.25) is 5.02 Å². The zero-order valence-electron chi connectivity index (χ0n) is 10.1. The zero-order valence-corrected chi connectivity index (χ0v) is 10.9. The largest absolute Gasteiger partial charge is 0.487 e. The molecule has 0 radical (unpaired) electrons. The lowest BCUT2D eigenvalue weighted by Gasteiger charge is -2.42. The Labute approximate surface area is 112 Å². The lowest BCUT2D eigenvalue weighted by molar-refractivity contribution is -0.147. The molecular formula is C14H16ClNO2. The first-order chi connectivity index (χ1) is 8.72. The predicted molar refractivity (Wildman–Crippen MR) is 69.8 cm³/mol. The minimum Gasteiger partial charge on any atom is -0.487 e.